The standard InChI is InChI=1S/C12H20N2O2/c1-4-5-14(6-7-16-3)12(15)10(2)11-8-13-9-11/h4,13H,1,5-9H2,2-3H3. The van der Waals surface area contributed by atoms with Crippen LogP contribution in [0.15, 0.2) is 23.8 Å². The van der Waals surface area contributed by atoms with Crippen LogP contribution < -0.4 is 5.32 Å². The van der Waals surface area contributed by atoms with Gasteiger partial charge >= 0.3 is 0 Å². The number of carbonyl (C=O) groups is 1. The number of hydrogen-bond donors (Lipinski definition) is 1. The molecule has 1 N–H and O–H groups in total. The monoisotopic (exact) mass is 224 g/mol. The minimum Gasteiger partial charge on any atom is -0.383 e. The fourth-order valence-corrected chi connectivity index (χ4v) is 1.54. The first-order chi connectivity index (χ1) is 7.70. The lowest BCUT2D eigenvalue weighted by Gasteiger charge is -2.26. The van der Waals surface area contributed by atoms with Crippen molar-refractivity contribution < 1.29 is 9.53 Å². The van der Waals surface area contributed by atoms with Gasteiger partial charge in [-0.05, 0) is 12.5 Å². The van der Waals surface area contributed by atoms with Crippen LogP contribution in [0.4, 0.5) is 0 Å². The maximum Gasteiger partial charge on any atom is 0.249 e. The Hall–Kier alpha value is -1.13. The zero-order valence-electron chi connectivity index (χ0n) is 10.1. The highest BCUT2D eigenvalue weighted by atomic mass is 16.5. The molecule has 1 amide bonds. The van der Waals surface area contributed by atoms with Crippen LogP contribution in [0.5, 0.6) is 0 Å². The lowest BCUT2D eigenvalue weighted by Crippen LogP contribution is -2.40. The first-order valence-electron chi connectivity index (χ1n) is 5.49. The summed E-state index contributed by atoms with van der Waals surface area (Å²) in [5.41, 5.74) is 2.06. The summed E-state index contributed by atoms with van der Waals surface area (Å²) in [6.07, 6.45) is 1.74. The normalized spacial score (nSPS) is 14.2. The van der Waals surface area contributed by atoms with Gasteiger partial charge in [-0.2, -0.15) is 0 Å². The molecule has 0 bridgehead atoms. The minimum absolute atomic E-state index is 0.0912. The van der Waals surface area contributed by atoms with Gasteiger partial charge in [0.1, 0.15) is 0 Å². The van der Waals surface area contributed by atoms with E-state index in [-0.39, 0.29) is 5.91 Å². The van der Waals surface area contributed by atoms with Gasteiger partial charge in [-0.25, -0.2) is 0 Å². The van der Waals surface area contributed by atoms with Gasteiger partial charge in [-0.3, -0.25) is 4.79 Å². The summed E-state index contributed by atoms with van der Waals surface area (Å²) in [5.74, 6) is 0.0912. The fourth-order valence-electron chi connectivity index (χ4n) is 1.54. The van der Waals surface area contributed by atoms with E-state index >= 15 is 0 Å². The maximum absolute atomic E-state index is 12.1. The van der Waals surface area contributed by atoms with Crippen molar-refractivity contribution in [1.82, 2.24) is 10.2 Å². The van der Waals surface area contributed by atoms with E-state index < -0.39 is 0 Å². The molecule has 0 saturated carbocycles. The van der Waals surface area contributed by atoms with Crippen molar-refractivity contribution in [3.63, 3.8) is 0 Å². The predicted molar refractivity (Wildman–Crippen MR) is 64.2 cm³/mol. The van der Waals surface area contributed by atoms with Crippen LogP contribution in [0.25, 0.3) is 0 Å². The zero-order chi connectivity index (χ0) is 12.0. The lowest BCUT2D eigenvalue weighted by molar-refractivity contribution is -0.127. The highest BCUT2D eigenvalue weighted by Gasteiger charge is 2.20. The molecule has 0 aromatic rings. The quantitative estimate of drug-likeness (QED) is 0.529. The molecule has 16 heavy (non-hydrogen) atoms. The number of hydrogen-bond acceptors (Lipinski definition) is 3. The fraction of sp³-hybridized carbons (Fsp3) is 0.583. The number of carbonyl (C=O) groups excluding carboxylic acids is 1. The largest absolute Gasteiger partial charge is 0.383 e. The molecule has 4 nitrogen and oxygen atoms in total. The lowest BCUT2D eigenvalue weighted by atomic mass is 10.0. The molecule has 1 fully saturated rings. The highest BCUT2D eigenvalue weighted by molar-refractivity contribution is 5.94. The van der Waals surface area contributed by atoms with Crippen LogP contribution >= 0.6 is 0 Å². The van der Waals surface area contributed by atoms with Gasteiger partial charge in [0.15, 0.2) is 0 Å². The van der Waals surface area contributed by atoms with Gasteiger partial charge in [-0.1, -0.05) is 6.08 Å². The Kier molecular flexibility index (Phi) is 5.22. The third kappa shape index (κ3) is 3.18. The van der Waals surface area contributed by atoms with Crippen LogP contribution in [0, 0.1) is 0 Å². The molecule has 0 spiro atoms. The molecule has 0 aromatic heterocycles. The van der Waals surface area contributed by atoms with Crippen molar-refractivity contribution in [2.24, 2.45) is 0 Å². The zero-order valence-corrected chi connectivity index (χ0v) is 10.1. The van der Waals surface area contributed by atoms with Gasteiger partial charge in [-0.15, -0.1) is 6.58 Å². The number of rotatable bonds is 6. The molecule has 1 heterocycles. The molecule has 0 unspecified atom stereocenters. The molecule has 4 heteroatoms. The van der Waals surface area contributed by atoms with Crippen LogP contribution in [-0.2, 0) is 9.53 Å². The summed E-state index contributed by atoms with van der Waals surface area (Å²) in [4.78, 5) is 13.9. The molecule has 1 aliphatic rings. The molecule has 0 aliphatic carbocycles. The smallest absolute Gasteiger partial charge is 0.249 e. The van der Waals surface area contributed by atoms with Gasteiger partial charge in [0.25, 0.3) is 0 Å². The molecule has 1 saturated heterocycles. The van der Waals surface area contributed by atoms with Gasteiger partial charge < -0.3 is 15.0 Å². The molecule has 1 aliphatic heterocycles. The van der Waals surface area contributed by atoms with Crippen molar-refractivity contribution in [2.45, 2.75) is 6.92 Å². The van der Waals surface area contributed by atoms with Gasteiger partial charge in [0, 0.05) is 38.9 Å². The predicted octanol–water partition coefficient (Wildman–Crippen LogP) is 0.567. The van der Waals surface area contributed by atoms with E-state index in [9.17, 15) is 4.79 Å². The van der Waals surface area contributed by atoms with E-state index in [1.807, 2.05) is 6.92 Å². The second kappa shape index (κ2) is 6.45. The van der Waals surface area contributed by atoms with Crippen LogP contribution in [0.3, 0.4) is 0 Å². The molecular weight excluding hydrogens is 204 g/mol. The van der Waals surface area contributed by atoms with E-state index in [0.29, 0.717) is 19.7 Å². The summed E-state index contributed by atoms with van der Waals surface area (Å²) in [7, 11) is 1.64. The summed E-state index contributed by atoms with van der Waals surface area (Å²) in [5, 5.41) is 3.14. The average molecular weight is 224 g/mol. The minimum atomic E-state index is 0.0912. The average Bonchev–Trinajstić information content (AvgIpc) is 2.20. The molecule has 90 valence electrons. The number of methoxy groups -OCH3 is 1. The Labute approximate surface area is 97.0 Å². The van der Waals surface area contributed by atoms with E-state index in [0.717, 1.165) is 18.7 Å². The first-order valence-corrected chi connectivity index (χ1v) is 5.49. The SMILES string of the molecule is C=CCN(CCOC)C(=O)C(C)=C1CNC1. The number of amides is 1. The van der Waals surface area contributed by atoms with Crippen molar-refractivity contribution in [2.75, 3.05) is 39.9 Å². The van der Waals surface area contributed by atoms with Crippen LogP contribution in [0.1, 0.15) is 6.92 Å². The number of nitrogens with zero attached hydrogens (tertiary/aromatic N) is 1. The Morgan fingerprint density at radius 1 is 1.62 bits per heavy atom. The molecule has 0 radical (unpaired) electrons. The van der Waals surface area contributed by atoms with E-state index in [1.165, 1.54) is 5.57 Å². The molecular formula is C12H20N2O2. The summed E-state index contributed by atoms with van der Waals surface area (Å²) >= 11 is 0. The van der Waals surface area contributed by atoms with Crippen molar-refractivity contribution in [3.8, 4) is 0 Å². The third-order valence-electron chi connectivity index (χ3n) is 2.73. The second-order valence-electron chi connectivity index (χ2n) is 3.86. The Balaban J connectivity index is 2.61. The van der Waals surface area contributed by atoms with Gasteiger partial charge in [0.2, 0.25) is 5.91 Å². The highest BCUT2D eigenvalue weighted by Crippen LogP contribution is 2.11. The van der Waals surface area contributed by atoms with Crippen LogP contribution in [-0.4, -0.2) is 50.7 Å². The van der Waals surface area contributed by atoms with Gasteiger partial charge in [0.05, 0.1) is 6.61 Å². The van der Waals surface area contributed by atoms with Crippen molar-refractivity contribution in [3.05, 3.63) is 23.8 Å². The number of nitrogens with one attached hydrogen (secondary N) is 1. The third-order valence-corrected chi connectivity index (χ3v) is 2.73. The van der Waals surface area contributed by atoms with Crippen molar-refractivity contribution >= 4 is 5.91 Å². The molecule has 1 rings (SSSR count). The van der Waals surface area contributed by atoms with Crippen LogP contribution in [0.2, 0.25) is 0 Å². The Bertz CT molecular complexity index is 291. The second-order valence-corrected chi connectivity index (χ2v) is 3.86. The van der Waals surface area contributed by atoms with Crippen molar-refractivity contribution in [1.29, 1.82) is 0 Å². The van der Waals surface area contributed by atoms with E-state index in [1.54, 1.807) is 18.1 Å². The molecule has 0 atom stereocenters. The summed E-state index contributed by atoms with van der Waals surface area (Å²) < 4.78 is 4.99. The molecule has 0 aromatic carbocycles. The topological polar surface area (TPSA) is 41.6 Å². The first kappa shape index (κ1) is 12.9. The number of ether oxygens (including phenoxy) is 1. The summed E-state index contributed by atoms with van der Waals surface area (Å²) in [6, 6.07) is 0. The summed E-state index contributed by atoms with van der Waals surface area (Å²) in [6.45, 7) is 8.97. The Morgan fingerprint density at radius 2 is 2.31 bits per heavy atom. The van der Waals surface area contributed by atoms with E-state index in [4.69, 9.17) is 4.74 Å². The maximum atomic E-state index is 12.1. The van der Waals surface area contributed by atoms with E-state index in [2.05, 4.69) is 11.9 Å². The Morgan fingerprint density at radius 3 is 2.75 bits per heavy atom.